The number of amides is 2. The van der Waals surface area contributed by atoms with Crippen molar-refractivity contribution < 1.29 is 32.6 Å². The highest BCUT2D eigenvalue weighted by atomic mass is 19.3. The van der Waals surface area contributed by atoms with Gasteiger partial charge in [0.1, 0.15) is 29.8 Å². The topological polar surface area (TPSA) is 90.0 Å². The van der Waals surface area contributed by atoms with Crippen LogP contribution in [0.5, 0.6) is 17.4 Å². The molecule has 1 saturated heterocycles. The van der Waals surface area contributed by atoms with Crippen LogP contribution in [0.25, 0.3) is 0 Å². The van der Waals surface area contributed by atoms with Gasteiger partial charge in [-0.1, -0.05) is 0 Å². The minimum Gasteiger partial charge on any atom is -0.490 e. The van der Waals surface area contributed by atoms with E-state index in [1.807, 2.05) is 0 Å². The van der Waals surface area contributed by atoms with Gasteiger partial charge in [-0.25, -0.2) is 13.8 Å². The van der Waals surface area contributed by atoms with E-state index < -0.39 is 12.5 Å². The largest absolute Gasteiger partial charge is 0.490 e. The van der Waals surface area contributed by atoms with E-state index in [1.165, 1.54) is 6.92 Å². The zero-order chi connectivity index (χ0) is 24.0. The van der Waals surface area contributed by atoms with E-state index in [0.29, 0.717) is 36.6 Å². The molecule has 0 unspecified atom stereocenters. The van der Waals surface area contributed by atoms with Crippen molar-refractivity contribution in [2.45, 2.75) is 57.8 Å². The summed E-state index contributed by atoms with van der Waals surface area (Å²) < 4.78 is 43.7. The van der Waals surface area contributed by atoms with E-state index in [2.05, 4.69) is 10.3 Å². The average molecular weight is 473 g/mol. The van der Waals surface area contributed by atoms with E-state index in [1.54, 1.807) is 36.2 Å². The maximum atomic E-state index is 13.5. The van der Waals surface area contributed by atoms with Crippen molar-refractivity contribution in [3.63, 3.8) is 0 Å². The third-order valence-electron chi connectivity index (χ3n) is 6.30. The normalized spacial score (nSPS) is 22.2. The molecule has 3 atom stereocenters. The summed E-state index contributed by atoms with van der Waals surface area (Å²) in [5.74, 6) is 0.397. The monoisotopic (exact) mass is 473 g/mol. The van der Waals surface area contributed by atoms with Crippen LogP contribution in [-0.4, -0.2) is 59.5 Å². The number of nitrogens with one attached hydrogen (secondary N) is 1. The number of pyridine rings is 1. The van der Waals surface area contributed by atoms with Gasteiger partial charge < -0.3 is 24.4 Å². The fourth-order valence-corrected chi connectivity index (χ4v) is 4.56. The van der Waals surface area contributed by atoms with Gasteiger partial charge in [-0.2, -0.15) is 0 Å². The predicted molar refractivity (Wildman–Crippen MR) is 118 cm³/mol. The Labute approximate surface area is 195 Å². The van der Waals surface area contributed by atoms with Crippen molar-refractivity contribution in [2.75, 3.05) is 18.5 Å². The van der Waals surface area contributed by atoms with E-state index in [4.69, 9.17) is 14.2 Å². The first-order valence-corrected chi connectivity index (χ1v) is 11.3. The number of anilines is 1. The molecule has 2 aromatic rings. The Morgan fingerprint density at radius 2 is 2.06 bits per heavy atom. The molecule has 0 saturated carbocycles. The number of rotatable bonds is 5. The minimum atomic E-state index is -2.69. The summed E-state index contributed by atoms with van der Waals surface area (Å²) in [5.41, 5.74) is 2.54. The maximum absolute atomic E-state index is 13.5. The Morgan fingerprint density at radius 3 is 2.85 bits per heavy atom. The molecule has 0 bridgehead atoms. The van der Waals surface area contributed by atoms with Crippen molar-refractivity contribution in [1.82, 2.24) is 9.88 Å². The van der Waals surface area contributed by atoms with Gasteiger partial charge in [-0.05, 0) is 43.5 Å². The SMILES string of the molecule is Cc1cc2c(c(O[C@H](C)C(F)F)c1)C(=O)N1C[C@@H](Oc3cc4c(cn3)CCC(=O)N4)C[C@@H]1CO2. The molecular formula is C24H25F2N3O5. The number of fused-ring (bicyclic) bond motifs is 3. The smallest absolute Gasteiger partial charge is 0.274 e. The summed E-state index contributed by atoms with van der Waals surface area (Å²) in [6.45, 7) is 3.59. The van der Waals surface area contributed by atoms with Gasteiger partial charge in [-0.15, -0.1) is 0 Å². The molecule has 10 heteroatoms. The van der Waals surface area contributed by atoms with Gasteiger partial charge in [0.25, 0.3) is 12.3 Å². The van der Waals surface area contributed by atoms with Gasteiger partial charge >= 0.3 is 0 Å². The van der Waals surface area contributed by atoms with Crippen LogP contribution in [0, 0.1) is 6.92 Å². The zero-order valence-corrected chi connectivity index (χ0v) is 18.8. The summed E-state index contributed by atoms with van der Waals surface area (Å²) in [6.07, 6.45) is -1.12. The van der Waals surface area contributed by atoms with Gasteiger partial charge in [0.15, 0.2) is 6.10 Å². The van der Waals surface area contributed by atoms with E-state index in [9.17, 15) is 18.4 Å². The molecule has 3 aliphatic rings. The van der Waals surface area contributed by atoms with Crippen LogP contribution in [0.15, 0.2) is 24.4 Å². The van der Waals surface area contributed by atoms with Crippen molar-refractivity contribution >= 4 is 17.5 Å². The third-order valence-corrected chi connectivity index (χ3v) is 6.30. The van der Waals surface area contributed by atoms with Crippen LogP contribution in [0.1, 0.15) is 41.3 Å². The Bertz CT molecular complexity index is 1140. The van der Waals surface area contributed by atoms with Gasteiger partial charge in [0, 0.05) is 25.1 Å². The Balaban J connectivity index is 1.35. The second-order valence-electron chi connectivity index (χ2n) is 8.92. The molecule has 3 aliphatic heterocycles. The van der Waals surface area contributed by atoms with Crippen molar-refractivity contribution in [2.24, 2.45) is 0 Å². The summed E-state index contributed by atoms with van der Waals surface area (Å²) >= 11 is 0. The Morgan fingerprint density at radius 1 is 1.24 bits per heavy atom. The van der Waals surface area contributed by atoms with Crippen LogP contribution in [-0.2, 0) is 11.2 Å². The number of carbonyl (C=O) groups is 2. The van der Waals surface area contributed by atoms with Crippen LogP contribution in [0.4, 0.5) is 14.5 Å². The molecule has 34 heavy (non-hydrogen) atoms. The number of halogens is 2. The third kappa shape index (κ3) is 4.24. The highest BCUT2D eigenvalue weighted by molar-refractivity contribution is 6.00. The highest BCUT2D eigenvalue weighted by Crippen LogP contribution is 2.38. The lowest BCUT2D eigenvalue weighted by molar-refractivity contribution is -0.116. The Kier molecular flexibility index (Phi) is 5.75. The molecule has 0 aliphatic carbocycles. The number of ether oxygens (including phenoxy) is 3. The molecule has 8 nitrogen and oxygen atoms in total. The first kappa shape index (κ1) is 22.4. The quantitative estimate of drug-likeness (QED) is 0.716. The van der Waals surface area contributed by atoms with Crippen LogP contribution < -0.4 is 19.5 Å². The van der Waals surface area contributed by atoms with Crippen LogP contribution in [0.3, 0.4) is 0 Å². The fraction of sp³-hybridized carbons (Fsp3) is 0.458. The van der Waals surface area contributed by atoms with E-state index in [-0.39, 0.29) is 48.4 Å². The molecule has 180 valence electrons. The molecule has 1 aromatic heterocycles. The molecule has 1 aromatic carbocycles. The maximum Gasteiger partial charge on any atom is 0.274 e. The molecular weight excluding hydrogens is 448 g/mol. The second-order valence-corrected chi connectivity index (χ2v) is 8.92. The molecule has 2 amide bonds. The van der Waals surface area contributed by atoms with Crippen molar-refractivity contribution in [3.8, 4) is 17.4 Å². The number of hydrogen-bond donors (Lipinski definition) is 1. The minimum absolute atomic E-state index is 0.0465. The number of aromatic nitrogens is 1. The second kappa shape index (κ2) is 8.73. The number of aryl methyl sites for hydroxylation is 2. The number of hydrogen-bond acceptors (Lipinski definition) is 6. The number of benzene rings is 1. The van der Waals surface area contributed by atoms with E-state index in [0.717, 1.165) is 11.1 Å². The lowest BCUT2D eigenvalue weighted by atomic mass is 10.1. The summed E-state index contributed by atoms with van der Waals surface area (Å²) in [5, 5.41) is 2.82. The number of nitrogens with zero attached hydrogens (tertiary/aromatic N) is 2. The molecule has 5 rings (SSSR count). The summed E-state index contributed by atoms with van der Waals surface area (Å²) in [6, 6.07) is 4.75. The van der Waals surface area contributed by atoms with E-state index >= 15 is 0 Å². The average Bonchev–Trinajstić information content (AvgIpc) is 3.13. The van der Waals surface area contributed by atoms with Gasteiger partial charge in [0.2, 0.25) is 11.8 Å². The highest BCUT2D eigenvalue weighted by Gasteiger charge is 2.42. The lowest BCUT2D eigenvalue weighted by Gasteiger charge is -2.22. The molecule has 1 N–H and O–H groups in total. The standard InChI is InChI=1S/C24H25F2N3O5/c1-12-5-18-22(19(6-12)33-13(2)23(25)26)24(31)29-10-16(7-15(29)11-32-18)34-21-8-17-14(9-27-21)3-4-20(30)28-17/h5-6,8-9,13,15-16,23H,3-4,7,10-11H2,1-2H3,(H,28,30)/t13-,15-,16+/m1/s1. The van der Waals surface area contributed by atoms with Crippen LogP contribution in [0.2, 0.25) is 0 Å². The van der Waals surface area contributed by atoms with Crippen LogP contribution >= 0.6 is 0 Å². The number of carbonyl (C=O) groups excluding carboxylic acids is 2. The zero-order valence-electron chi connectivity index (χ0n) is 18.8. The lowest BCUT2D eigenvalue weighted by Crippen LogP contribution is -2.37. The summed E-state index contributed by atoms with van der Waals surface area (Å²) in [4.78, 5) is 31.2. The van der Waals surface area contributed by atoms with Gasteiger partial charge in [0.05, 0.1) is 18.3 Å². The summed E-state index contributed by atoms with van der Waals surface area (Å²) in [7, 11) is 0. The van der Waals surface area contributed by atoms with Crippen molar-refractivity contribution in [1.29, 1.82) is 0 Å². The first-order valence-electron chi connectivity index (χ1n) is 11.3. The molecule has 4 heterocycles. The number of alkyl halides is 2. The molecule has 0 radical (unpaired) electrons. The fourth-order valence-electron chi connectivity index (χ4n) is 4.56. The Hall–Kier alpha value is -3.43. The predicted octanol–water partition coefficient (Wildman–Crippen LogP) is 3.36. The van der Waals surface area contributed by atoms with Gasteiger partial charge in [-0.3, -0.25) is 9.59 Å². The molecule has 1 fully saturated rings. The van der Waals surface area contributed by atoms with Crippen molar-refractivity contribution in [3.05, 3.63) is 41.1 Å². The first-order chi connectivity index (χ1) is 16.3. The molecule has 0 spiro atoms.